The van der Waals surface area contributed by atoms with E-state index in [0.717, 1.165) is 4.47 Å². The topological polar surface area (TPSA) is 81.3 Å². The molecule has 0 saturated heterocycles. The maximum absolute atomic E-state index is 12.1. The van der Waals surface area contributed by atoms with Gasteiger partial charge in [0.2, 0.25) is 0 Å². The minimum absolute atomic E-state index is 0.237. The maximum Gasteiger partial charge on any atom is 0.344 e. The molecule has 0 aliphatic heterocycles. The number of para-hydroxylation sites is 1. The highest BCUT2D eigenvalue weighted by Gasteiger charge is 2.16. The van der Waals surface area contributed by atoms with Gasteiger partial charge >= 0.3 is 5.97 Å². The average molecular weight is 403 g/mol. The van der Waals surface area contributed by atoms with Crippen LogP contribution in [0.15, 0.2) is 57.8 Å². The number of hydrogen-bond acceptors (Lipinski definition) is 5. The molecule has 3 rings (SSSR count). The van der Waals surface area contributed by atoms with Crippen molar-refractivity contribution in [1.29, 1.82) is 0 Å². The van der Waals surface area contributed by atoms with Crippen LogP contribution in [-0.2, 0) is 9.53 Å². The van der Waals surface area contributed by atoms with Gasteiger partial charge in [0.25, 0.3) is 5.56 Å². The minimum Gasteiger partial charge on any atom is -0.482 e. The SMILES string of the molecule is C[C@H](OC(=O)COc1cccc(Br)c1)c1nc2ccccc2c(=O)[nH]1. The molecule has 0 fully saturated rings. The third-order valence-corrected chi connectivity index (χ3v) is 3.97. The summed E-state index contributed by atoms with van der Waals surface area (Å²) in [7, 11) is 0. The second-order valence-corrected chi connectivity index (χ2v) is 6.26. The van der Waals surface area contributed by atoms with Crippen molar-refractivity contribution in [2.24, 2.45) is 0 Å². The number of aromatic nitrogens is 2. The minimum atomic E-state index is -0.698. The summed E-state index contributed by atoms with van der Waals surface area (Å²) in [5, 5.41) is 0.489. The van der Waals surface area contributed by atoms with Gasteiger partial charge in [-0.15, -0.1) is 0 Å². The van der Waals surface area contributed by atoms with Crippen LogP contribution in [-0.4, -0.2) is 22.5 Å². The summed E-state index contributed by atoms with van der Waals surface area (Å²) < 4.78 is 11.5. The first-order valence-electron chi connectivity index (χ1n) is 7.60. The van der Waals surface area contributed by atoms with Crippen molar-refractivity contribution in [1.82, 2.24) is 9.97 Å². The third kappa shape index (κ3) is 4.24. The largest absolute Gasteiger partial charge is 0.482 e. The van der Waals surface area contributed by atoms with Crippen molar-refractivity contribution in [3.05, 3.63) is 69.2 Å². The molecular weight excluding hydrogens is 388 g/mol. The Balaban J connectivity index is 1.66. The van der Waals surface area contributed by atoms with Gasteiger partial charge in [0.15, 0.2) is 18.5 Å². The molecule has 128 valence electrons. The smallest absolute Gasteiger partial charge is 0.344 e. The number of aromatic amines is 1. The standard InChI is InChI=1S/C18H15BrN2O4/c1-11(17-20-15-8-3-2-7-14(15)18(23)21-17)25-16(22)10-24-13-6-4-5-12(19)9-13/h2-9,11H,10H2,1H3,(H,20,21,23)/t11-/m0/s1. The van der Waals surface area contributed by atoms with E-state index in [1.807, 2.05) is 6.07 Å². The number of halogens is 1. The normalized spacial score (nSPS) is 11.9. The zero-order chi connectivity index (χ0) is 17.8. The summed E-state index contributed by atoms with van der Waals surface area (Å²) in [5.41, 5.74) is 0.281. The molecule has 0 spiro atoms. The van der Waals surface area contributed by atoms with Crippen LogP contribution in [0, 0.1) is 0 Å². The summed E-state index contributed by atoms with van der Waals surface area (Å²) in [6, 6.07) is 14.1. The van der Waals surface area contributed by atoms with E-state index in [9.17, 15) is 9.59 Å². The zero-order valence-electron chi connectivity index (χ0n) is 13.4. The Bertz CT molecular complexity index is 970. The highest BCUT2D eigenvalue weighted by molar-refractivity contribution is 9.10. The van der Waals surface area contributed by atoms with Crippen molar-refractivity contribution < 1.29 is 14.3 Å². The van der Waals surface area contributed by atoms with Crippen LogP contribution in [0.5, 0.6) is 5.75 Å². The Morgan fingerprint density at radius 1 is 1.24 bits per heavy atom. The van der Waals surface area contributed by atoms with Crippen LogP contribution >= 0.6 is 15.9 Å². The molecule has 0 radical (unpaired) electrons. The summed E-state index contributed by atoms with van der Waals surface area (Å²) in [5.74, 6) is 0.291. The number of benzene rings is 2. The molecule has 0 unspecified atom stereocenters. The summed E-state index contributed by atoms with van der Waals surface area (Å²) in [4.78, 5) is 31.0. The van der Waals surface area contributed by atoms with E-state index in [1.54, 1.807) is 49.4 Å². The fraction of sp³-hybridized carbons (Fsp3) is 0.167. The second-order valence-electron chi connectivity index (χ2n) is 5.35. The number of H-pyrrole nitrogens is 1. The van der Waals surface area contributed by atoms with Crippen molar-refractivity contribution in [2.45, 2.75) is 13.0 Å². The van der Waals surface area contributed by atoms with E-state index in [2.05, 4.69) is 25.9 Å². The molecule has 6 nitrogen and oxygen atoms in total. The Labute approximate surface area is 151 Å². The first-order valence-corrected chi connectivity index (χ1v) is 8.39. The van der Waals surface area contributed by atoms with Gasteiger partial charge in [-0.3, -0.25) is 4.79 Å². The van der Waals surface area contributed by atoms with E-state index in [0.29, 0.717) is 22.5 Å². The molecule has 1 atom stereocenters. The molecule has 1 aromatic heterocycles. The lowest BCUT2D eigenvalue weighted by Gasteiger charge is -2.13. The fourth-order valence-corrected chi connectivity index (χ4v) is 2.66. The van der Waals surface area contributed by atoms with Gasteiger partial charge < -0.3 is 14.5 Å². The lowest BCUT2D eigenvalue weighted by atomic mass is 10.2. The van der Waals surface area contributed by atoms with Crippen molar-refractivity contribution in [3.63, 3.8) is 0 Å². The first-order chi connectivity index (χ1) is 12.0. The Hall–Kier alpha value is -2.67. The molecule has 0 aliphatic rings. The molecule has 0 amide bonds. The van der Waals surface area contributed by atoms with Crippen molar-refractivity contribution in [3.8, 4) is 5.75 Å². The molecule has 0 bridgehead atoms. The number of esters is 1. The Morgan fingerprint density at radius 2 is 2.04 bits per heavy atom. The number of nitrogens with zero attached hydrogens (tertiary/aromatic N) is 1. The van der Waals surface area contributed by atoms with Crippen molar-refractivity contribution >= 4 is 32.8 Å². The van der Waals surface area contributed by atoms with Gasteiger partial charge in [0, 0.05) is 4.47 Å². The number of hydrogen-bond donors (Lipinski definition) is 1. The van der Waals surface area contributed by atoms with Gasteiger partial charge in [-0.05, 0) is 37.3 Å². The van der Waals surface area contributed by atoms with E-state index >= 15 is 0 Å². The quantitative estimate of drug-likeness (QED) is 0.661. The number of fused-ring (bicyclic) bond motifs is 1. The molecule has 2 aromatic carbocycles. The number of carbonyl (C=O) groups excluding carboxylic acids is 1. The van der Waals surface area contributed by atoms with E-state index in [4.69, 9.17) is 9.47 Å². The van der Waals surface area contributed by atoms with Crippen LogP contribution in [0.1, 0.15) is 18.9 Å². The third-order valence-electron chi connectivity index (χ3n) is 3.48. The predicted octanol–water partition coefficient (Wildman–Crippen LogP) is 3.37. The number of nitrogens with one attached hydrogen (secondary N) is 1. The van der Waals surface area contributed by atoms with Crippen LogP contribution in [0.25, 0.3) is 10.9 Å². The van der Waals surface area contributed by atoms with Crippen molar-refractivity contribution in [2.75, 3.05) is 6.61 Å². The van der Waals surface area contributed by atoms with E-state index < -0.39 is 12.1 Å². The highest BCUT2D eigenvalue weighted by Crippen LogP contribution is 2.18. The average Bonchev–Trinajstić information content (AvgIpc) is 2.60. The molecule has 0 aliphatic carbocycles. The molecule has 1 heterocycles. The van der Waals surface area contributed by atoms with Crippen LogP contribution in [0.4, 0.5) is 0 Å². The molecule has 1 N–H and O–H groups in total. The van der Waals surface area contributed by atoms with Crippen LogP contribution < -0.4 is 10.3 Å². The molecule has 3 aromatic rings. The lowest BCUT2D eigenvalue weighted by Crippen LogP contribution is -2.20. The predicted molar refractivity (Wildman–Crippen MR) is 96.5 cm³/mol. The molecule has 0 saturated carbocycles. The van der Waals surface area contributed by atoms with Gasteiger partial charge in [0.1, 0.15) is 5.75 Å². The van der Waals surface area contributed by atoms with E-state index in [1.165, 1.54) is 0 Å². The summed E-state index contributed by atoms with van der Waals surface area (Å²) in [6.45, 7) is 1.41. The van der Waals surface area contributed by atoms with Crippen LogP contribution in [0.2, 0.25) is 0 Å². The molecule has 7 heteroatoms. The van der Waals surface area contributed by atoms with E-state index in [-0.39, 0.29) is 12.2 Å². The van der Waals surface area contributed by atoms with Gasteiger partial charge in [-0.25, -0.2) is 9.78 Å². The molecular formula is C18H15BrN2O4. The fourth-order valence-electron chi connectivity index (χ4n) is 2.28. The monoisotopic (exact) mass is 402 g/mol. The Morgan fingerprint density at radius 3 is 2.84 bits per heavy atom. The van der Waals surface area contributed by atoms with Crippen LogP contribution in [0.3, 0.4) is 0 Å². The summed E-state index contributed by atoms with van der Waals surface area (Å²) in [6.07, 6.45) is -0.698. The lowest BCUT2D eigenvalue weighted by molar-refractivity contribution is -0.151. The zero-order valence-corrected chi connectivity index (χ0v) is 14.9. The van der Waals surface area contributed by atoms with Gasteiger partial charge in [0.05, 0.1) is 10.9 Å². The molecule has 25 heavy (non-hydrogen) atoms. The number of carbonyl (C=O) groups is 1. The summed E-state index contributed by atoms with van der Waals surface area (Å²) >= 11 is 3.33. The highest BCUT2D eigenvalue weighted by atomic mass is 79.9. The maximum atomic E-state index is 12.1. The van der Waals surface area contributed by atoms with Gasteiger partial charge in [-0.2, -0.15) is 0 Å². The number of rotatable bonds is 5. The van der Waals surface area contributed by atoms with Gasteiger partial charge in [-0.1, -0.05) is 34.1 Å². The first kappa shape index (κ1) is 17.2. The number of ether oxygens (including phenoxy) is 2. The Kier molecular flexibility index (Phi) is 5.14. The second kappa shape index (κ2) is 7.48.